The molecule has 0 aliphatic rings. The van der Waals surface area contributed by atoms with E-state index in [-0.39, 0.29) is 70.6 Å². The summed E-state index contributed by atoms with van der Waals surface area (Å²) >= 11 is 0. The number of carbonyl (C=O) groups is 6. The van der Waals surface area contributed by atoms with Gasteiger partial charge in [-0.25, -0.2) is 0 Å². The Hall–Kier alpha value is -0.894. The number of hydrogen-bond donors (Lipinski definition) is 0. The van der Waals surface area contributed by atoms with Crippen LogP contribution in [0.25, 0.3) is 0 Å². The number of hydrogen-bond acceptors (Lipinski definition) is 12. The Morgan fingerprint density at radius 2 is 0.450 bits per heavy atom. The molecular weight excluding hydrogens is 449 g/mol. The molecule has 0 aromatic carbocycles. The SMILES string of the molecule is O=C([O-])C(=O)[O-].O=C([O-])C(=O)[O-].O=C([O-])C(=O)[O-].[Ba+2].[Ti+4]. The first-order chi connectivity index (χ1) is 7.93. The van der Waals surface area contributed by atoms with Gasteiger partial charge >= 0.3 is 70.6 Å². The van der Waals surface area contributed by atoms with Crippen LogP contribution in [0.15, 0.2) is 0 Å². The number of carbonyl (C=O) groups excluding carboxylic acids is 6. The molecule has 0 heterocycles. The number of carboxylic acids is 6. The van der Waals surface area contributed by atoms with E-state index in [1.165, 1.54) is 0 Å². The van der Waals surface area contributed by atoms with E-state index < -0.39 is 35.8 Å². The maximum absolute atomic E-state index is 8.93. The third-order valence-electron chi connectivity index (χ3n) is 0.500. The van der Waals surface area contributed by atoms with Crippen LogP contribution in [0.1, 0.15) is 0 Å². The van der Waals surface area contributed by atoms with Crippen LogP contribution in [0, 0.1) is 0 Å². The molecule has 0 aromatic rings. The zero-order valence-corrected chi connectivity index (χ0v) is 15.1. The first-order valence-corrected chi connectivity index (χ1v) is 3.20. The molecule has 0 aromatic heterocycles. The number of carboxylic acid groups (broad SMARTS) is 6. The van der Waals surface area contributed by atoms with Crippen molar-refractivity contribution in [3.63, 3.8) is 0 Å². The second kappa shape index (κ2) is 18.1. The molecule has 0 aliphatic heterocycles. The first kappa shape index (κ1) is 31.5. The molecular formula is C6BaO12Ti. The average Bonchev–Trinajstić information content (AvgIpc) is 2.18. The monoisotopic (exact) mass is 450 g/mol. The smallest absolute Gasteiger partial charge is 0.543 e. The van der Waals surface area contributed by atoms with Crippen molar-refractivity contribution in [2.45, 2.75) is 0 Å². The van der Waals surface area contributed by atoms with Crippen molar-refractivity contribution in [3.05, 3.63) is 0 Å². The van der Waals surface area contributed by atoms with Crippen molar-refractivity contribution in [2.75, 3.05) is 0 Å². The van der Waals surface area contributed by atoms with Crippen molar-refractivity contribution < 1.29 is 81.1 Å². The molecule has 102 valence electrons. The molecule has 0 unspecified atom stereocenters. The normalized spacial score (nSPS) is 6.60. The predicted molar refractivity (Wildman–Crippen MR) is 35.8 cm³/mol. The van der Waals surface area contributed by atoms with Crippen LogP contribution in [0.5, 0.6) is 0 Å². The third kappa shape index (κ3) is 36.0. The zero-order valence-electron chi connectivity index (χ0n) is 9.11. The van der Waals surface area contributed by atoms with E-state index in [1.54, 1.807) is 0 Å². The minimum absolute atomic E-state index is 0. The molecule has 0 fully saturated rings. The number of aliphatic carboxylic acids is 6. The van der Waals surface area contributed by atoms with Gasteiger partial charge < -0.3 is 59.4 Å². The standard InChI is InChI=1S/3C2H2O4.Ba.Ti/c3*3-1(4)2(5)6;;/h3*(H,3,4)(H,5,6);;/q;;;+2;+4/p-6. The Morgan fingerprint density at radius 1 is 0.400 bits per heavy atom. The number of rotatable bonds is 0. The summed E-state index contributed by atoms with van der Waals surface area (Å²) in [5.74, 6) is -13.1. The predicted octanol–water partition coefficient (Wildman–Crippen LogP) is -10.9. The van der Waals surface area contributed by atoms with Gasteiger partial charge in [-0.2, -0.15) is 0 Å². The van der Waals surface area contributed by atoms with E-state index >= 15 is 0 Å². The quantitative estimate of drug-likeness (QED) is 0.247. The van der Waals surface area contributed by atoms with Gasteiger partial charge in [0.05, 0.1) is 35.8 Å². The van der Waals surface area contributed by atoms with Gasteiger partial charge in [0.15, 0.2) is 0 Å². The summed E-state index contributed by atoms with van der Waals surface area (Å²) in [5.41, 5.74) is 0. The van der Waals surface area contributed by atoms with E-state index in [2.05, 4.69) is 0 Å². The second-order valence-corrected chi connectivity index (χ2v) is 1.72. The summed E-state index contributed by atoms with van der Waals surface area (Å²) in [5, 5.41) is 53.6. The molecule has 20 heavy (non-hydrogen) atoms. The van der Waals surface area contributed by atoms with Gasteiger partial charge in [-0.1, -0.05) is 0 Å². The van der Waals surface area contributed by atoms with E-state index in [0.717, 1.165) is 0 Å². The fourth-order valence-electron chi connectivity index (χ4n) is 0. The molecule has 0 spiro atoms. The second-order valence-electron chi connectivity index (χ2n) is 1.72. The maximum Gasteiger partial charge on any atom is 4.00 e. The van der Waals surface area contributed by atoms with Crippen molar-refractivity contribution in [1.29, 1.82) is 0 Å². The molecule has 14 heteroatoms. The fourth-order valence-corrected chi connectivity index (χ4v) is 0. The Labute approximate surface area is 164 Å². The molecule has 0 atom stereocenters. The largest absolute Gasteiger partial charge is 4.00 e. The first-order valence-electron chi connectivity index (χ1n) is 3.20. The summed E-state index contributed by atoms with van der Waals surface area (Å²) in [6, 6.07) is 0. The fraction of sp³-hybridized carbons (Fsp3) is 0. The van der Waals surface area contributed by atoms with Gasteiger partial charge in [0, 0.05) is 0 Å². The van der Waals surface area contributed by atoms with Crippen molar-refractivity contribution in [1.82, 2.24) is 0 Å². The molecule has 0 radical (unpaired) electrons. The summed E-state index contributed by atoms with van der Waals surface area (Å²) in [6.07, 6.45) is 0. The van der Waals surface area contributed by atoms with Gasteiger partial charge in [0.1, 0.15) is 0 Å². The van der Waals surface area contributed by atoms with Crippen LogP contribution in [-0.2, 0) is 50.5 Å². The van der Waals surface area contributed by atoms with Crippen LogP contribution < -0.4 is 30.6 Å². The summed E-state index contributed by atoms with van der Waals surface area (Å²) < 4.78 is 0. The molecule has 0 rings (SSSR count). The van der Waals surface area contributed by atoms with Crippen molar-refractivity contribution in [2.24, 2.45) is 0 Å². The molecule has 0 saturated heterocycles. The Morgan fingerprint density at radius 3 is 0.450 bits per heavy atom. The molecule has 0 aliphatic carbocycles. The van der Waals surface area contributed by atoms with Gasteiger partial charge in [-0.15, -0.1) is 0 Å². The van der Waals surface area contributed by atoms with Gasteiger partial charge in [0.25, 0.3) is 0 Å². The summed E-state index contributed by atoms with van der Waals surface area (Å²) in [4.78, 5) is 53.6. The zero-order chi connectivity index (χ0) is 15.5. The molecule has 0 saturated carbocycles. The van der Waals surface area contributed by atoms with Crippen molar-refractivity contribution in [3.8, 4) is 0 Å². The Kier molecular flexibility index (Phi) is 28.5. The third-order valence-corrected chi connectivity index (χ3v) is 0.500. The van der Waals surface area contributed by atoms with Gasteiger partial charge in [-0.3, -0.25) is 0 Å². The summed E-state index contributed by atoms with van der Waals surface area (Å²) in [6.45, 7) is 0. The molecule has 0 amide bonds. The Bertz CT molecular complexity index is 283. The molecule has 0 N–H and O–H groups in total. The Balaban J connectivity index is -0.0000000536. The summed E-state index contributed by atoms with van der Waals surface area (Å²) in [7, 11) is 0. The van der Waals surface area contributed by atoms with Gasteiger partial charge in [-0.05, 0) is 0 Å². The maximum atomic E-state index is 8.93. The van der Waals surface area contributed by atoms with Crippen LogP contribution in [0.4, 0.5) is 0 Å². The van der Waals surface area contributed by atoms with Crippen LogP contribution >= 0.6 is 0 Å². The molecule has 0 bridgehead atoms. The van der Waals surface area contributed by atoms with Gasteiger partial charge in [0.2, 0.25) is 0 Å². The van der Waals surface area contributed by atoms with E-state index in [1.807, 2.05) is 0 Å². The van der Waals surface area contributed by atoms with E-state index in [4.69, 9.17) is 59.4 Å². The molecule has 12 nitrogen and oxygen atoms in total. The minimum atomic E-state index is -2.19. The van der Waals surface area contributed by atoms with Crippen LogP contribution in [0.3, 0.4) is 0 Å². The minimum Gasteiger partial charge on any atom is -0.543 e. The van der Waals surface area contributed by atoms with E-state index in [0.29, 0.717) is 0 Å². The van der Waals surface area contributed by atoms with Crippen LogP contribution in [0.2, 0.25) is 0 Å². The topological polar surface area (TPSA) is 241 Å². The van der Waals surface area contributed by atoms with Crippen LogP contribution in [-0.4, -0.2) is 84.7 Å². The average molecular weight is 449 g/mol. The van der Waals surface area contributed by atoms with E-state index in [9.17, 15) is 0 Å². The van der Waals surface area contributed by atoms with Crippen molar-refractivity contribution >= 4 is 84.7 Å².